The van der Waals surface area contributed by atoms with E-state index in [0.717, 1.165) is 18.2 Å². The fourth-order valence-corrected chi connectivity index (χ4v) is 3.91. The molecule has 32 heavy (non-hydrogen) atoms. The average Bonchev–Trinajstić information content (AvgIpc) is 2.79. The van der Waals surface area contributed by atoms with Crippen molar-refractivity contribution in [3.63, 3.8) is 0 Å². The lowest BCUT2D eigenvalue weighted by Crippen LogP contribution is -2.27. The first-order valence-corrected chi connectivity index (χ1v) is 11.1. The Morgan fingerprint density at radius 3 is 2.44 bits per heavy atom. The minimum absolute atomic E-state index is 0.00684. The number of amides is 1. The molecule has 0 saturated heterocycles. The number of benzene rings is 3. The van der Waals surface area contributed by atoms with Gasteiger partial charge in [-0.2, -0.15) is 13.2 Å². The van der Waals surface area contributed by atoms with E-state index in [1.807, 2.05) is 4.83 Å². The van der Waals surface area contributed by atoms with Crippen LogP contribution in [0.25, 0.3) is 11.0 Å². The lowest BCUT2D eigenvalue weighted by molar-refractivity contribution is 0.102. The van der Waals surface area contributed by atoms with Gasteiger partial charge < -0.3 is 9.73 Å². The van der Waals surface area contributed by atoms with E-state index in [9.17, 15) is 17.6 Å². The number of fused-ring (bicyclic) bond motifs is 1. The number of halogens is 2. The highest BCUT2D eigenvalue weighted by Crippen LogP contribution is 2.19. The van der Waals surface area contributed by atoms with E-state index in [0.29, 0.717) is 16.7 Å². The summed E-state index contributed by atoms with van der Waals surface area (Å²) in [6, 6.07) is 20.1. The van der Waals surface area contributed by atoms with Gasteiger partial charge in [0, 0.05) is 11.1 Å². The molecule has 1 amide bonds. The summed E-state index contributed by atoms with van der Waals surface area (Å²) in [5.41, 5.74) is 0.686. The van der Waals surface area contributed by atoms with Gasteiger partial charge in [-0.25, -0.2) is 4.39 Å². The molecule has 0 fully saturated rings. The lowest BCUT2D eigenvalue weighted by atomic mass is 10.1. The smallest absolute Gasteiger partial charge is 0.276 e. The average molecular weight is 472 g/mol. The summed E-state index contributed by atoms with van der Waals surface area (Å²) in [5, 5.41) is 6.80. The van der Waals surface area contributed by atoms with Gasteiger partial charge in [0.25, 0.3) is 15.9 Å². The first-order valence-electron chi connectivity index (χ1n) is 9.23. The predicted molar refractivity (Wildman–Crippen MR) is 118 cm³/mol. The molecule has 4 rings (SSSR count). The number of nitrogens with one attached hydrogen (secondary N) is 2. The van der Waals surface area contributed by atoms with Crippen LogP contribution in [0.4, 0.5) is 10.1 Å². The molecule has 1 aromatic heterocycles. The van der Waals surface area contributed by atoms with Crippen molar-refractivity contribution in [3.05, 3.63) is 101 Å². The van der Waals surface area contributed by atoms with Crippen LogP contribution in [-0.4, -0.2) is 14.3 Å². The maximum absolute atomic E-state index is 13.4. The maximum Gasteiger partial charge on any atom is 0.276 e. The molecular formula is C22H15ClFN3O4S. The highest BCUT2D eigenvalue weighted by atomic mass is 35.5. The van der Waals surface area contributed by atoms with Crippen molar-refractivity contribution in [2.45, 2.75) is 4.90 Å². The van der Waals surface area contributed by atoms with E-state index in [1.165, 1.54) is 0 Å². The molecule has 4 aromatic rings. The van der Waals surface area contributed by atoms with Crippen LogP contribution >= 0.6 is 11.6 Å². The number of carbonyl (C=O) groups excluding carboxylic acids is 1. The van der Waals surface area contributed by atoms with E-state index in [1.54, 1.807) is 60.7 Å². The Morgan fingerprint density at radius 1 is 0.969 bits per heavy atom. The van der Waals surface area contributed by atoms with Crippen LogP contribution in [0, 0.1) is 5.82 Å². The molecule has 0 saturated carbocycles. The second-order valence-corrected chi connectivity index (χ2v) is 8.67. The molecule has 7 nitrogen and oxygen atoms in total. The summed E-state index contributed by atoms with van der Waals surface area (Å²) in [5.74, 6) is -1.31. The van der Waals surface area contributed by atoms with Crippen LogP contribution in [0.15, 0.2) is 93.3 Å². The lowest BCUT2D eigenvalue weighted by Gasteiger charge is -2.08. The van der Waals surface area contributed by atoms with Crippen LogP contribution in [0.1, 0.15) is 10.4 Å². The number of carbonyl (C=O) groups is 1. The number of sulfonamides is 1. The van der Waals surface area contributed by atoms with Gasteiger partial charge in [0.2, 0.25) is 5.55 Å². The van der Waals surface area contributed by atoms with E-state index in [2.05, 4.69) is 10.4 Å². The third-order valence-corrected chi connectivity index (χ3v) is 5.90. The Kier molecular flexibility index (Phi) is 5.93. The van der Waals surface area contributed by atoms with Crippen LogP contribution < -0.4 is 15.7 Å². The zero-order valence-corrected chi connectivity index (χ0v) is 17.8. The Balaban J connectivity index is 1.76. The van der Waals surface area contributed by atoms with Gasteiger partial charge in [0.05, 0.1) is 9.92 Å². The second-order valence-electron chi connectivity index (χ2n) is 6.61. The molecular weight excluding hydrogens is 457 g/mol. The molecule has 162 valence electrons. The molecule has 0 aliphatic carbocycles. The van der Waals surface area contributed by atoms with Gasteiger partial charge in [-0.15, -0.1) is 5.10 Å². The molecule has 0 spiro atoms. The summed E-state index contributed by atoms with van der Waals surface area (Å²) in [4.78, 5) is 14.6. The topological polar surface area (TPSA) is 101 Å². The molecule has 1 heterocycles. The van der Waals surface area contributed by atoms with Crippen LogP contribution in [0.2, 0.25) is 5.02 Å². The van der Waals surface area contributed by atoms with Crippen molar-refractivity contribution in [2.75, 3.05) is 5.32 Å². The first-order chi connectivity index (χ1) is 15.3. The number of hydrogen-bond acceptors (Lipinski definition) is 5. The Labute approximate surface area is 187 Å². The standard InChI is InChI=1S/C22H15ClFN3O4S/c23-18-13-16(10-11-19(18)24)32(29,30)27-26-22-17(12-14-6-4-5-9-20(14)31-22)21(28)25-15-7-2-1-3-8-15/h1-13,27H,(H,25,28)/b26-22-. The quantitative estimate of drug-likeness (QED) is 0.424. The zero-order valence-electron chi connectivity index (χ0n) is 16.2. The van der Waals surface area contributed by atoms with Crippen molar-refractivity contribution in [3.8, 4) is 0 Å². The molecule has 0 bridgehead atoms. The normalized spacial score (nSPS) is 12.0. The van der Waals surface area contributed by atoms with Crippen molar-refractivity contribution in [2.24, 2.45) is 5.10 Å². The summed E-state index contributed by atoms with van der Waals surface area (Å²) >= 11 is 5.68. The first kappa shape index (κ1) is 21.5. The van der Waals surface area contributed by atoms with Crippen molar-refractivity contribution >= 4 is 44.2 Å². The van der Waals surface area contributed by atoms with Crippen molar-refractivity contribution in [1.82, 2.24) is 4.83 Å². The van der Waals surface area contributed by atoms with Gasteiger partial charge in [0.1, 0.15) is 17.0 Å². The van der Waals surface area contributed by atoms with Crippen LogP contribution in [0.5, 0.6) is 0 Å². The summed E-state index contributed by atoms with van der Waals surface area (Å²) < 4.78 is 44.2. The van der Waals surface area contributed by atoms with E-state index in [4.69, 9.17) is 16.0 Å². The van der Waals surface area contributed by atoms with Crippen molar-refractivity contribution in [1.29, 1.82) is 0 Å². The predicted octanol–water partition coefficient (Wildman–Crippen LogP) is 4.27. The van der Waals surface area contributed by atoms with Crippen LogP contribution in [0.3, 0.4) is 0 Å². The Morgan fingerprint density at radius 2 is 1.69 bits per heavy atom. The molecule has 0 radical (unpaired) electrons. The Hall–Kier alpha value is -3.69. The molecule has 0 aliphatic heterocycles. The zero-order chi connectivity index (χ0) is 22.7. The van der Waals surface area contributed by atoms with Gasteiger partial charge in [0.15, 0.2) is 0 Å². The van der Waals surface area contributed by atoms with Gasteiger partial charge in [-0.05, 0) is 42.5 Å². The summed E-state index contributed by atoms with van der Waals surface area (Å²) in [6.07, 6.45) is 0. The SMILES string of the molecule is O=C(Nc1ccccc1)c1cc2ccccc2o/c1=N\NS(=O)(=O)c1ccc(F)c(Cl)c1. The molecule has 0 atom stereocenters. The van der Waals surface area contributed by atoms with Gasteiger partial charge in [-0.3, -0.25) is 4.79 Å². The highest BCUT2D eigenvalue weighted by molar-refractivity contribution is 7.89. The summed E-state index contributed by atoms with van der Waals surface area (Å²) in [6.45, 7) is 0. The highest BCUT2D eigenvalue weighted by Gasteiger charge is 2.17. The molecule has 0 unspecified atom stereocenters. The van der Waals surface area contributed by atoms with E-state index < -0.39 is 21.7 Å². The van der Waals surface area contributed by atoms with E-state index >= 15 is 0 Å². The third-order valence-electron chi connectivity index (χ3n) is 4.40. The van der Waals surface area contributed by atoms with Crippen LogP contribution in [-0.2, 0) is 10.0 Å². The van der Waals surface area contributed by atoms with Crippen molar-refractivity contribution < 1.29 is 22.0 Å². The van der Waals surface area contributed by atoms with Gasteiger partial charge in [-0.1, -0.05) is 48.0 Å². The fraction of sp³-hybridized carbons (Fsp3) is 0. The maximum atomic E-state index is 13.4. The molecule has 2 N–H and O–H groups in total. The molecule has 3 aromatic carbocycles. The summed E-state index contributed by atoms with van der Waals surface area (Å²) in [7, 11) is -4.21. The minimum Gasteiger partial charge on any atom is -0.436 e. The number of anilines is 1. The minimum atomic E-state index is -4.21. The Bertz CT molecular complexity index is 1490. The second kappa shape index (κ2) is 8.81. The monoisotopic (exact) mass is 471 g/mol. The largest absolute Gasteiger partial charge is 0.436 e. The molecule has 10 heteroatoms. The van der Waals surface area contributed by atoms with E-state index in [-0.39, 0.29) is 21.0 Å². The fourth-order valence-electron chi connectivity index (χ4n) is 2.83. The third kappa shape index (κ3) is 4.63. The van der Waals surface area contributed by atoms with Gasteiger partial charge >= 0.3 is 0 Å². The molecule has 0 aliphatic rings. The number of para-hydroxylation sites is 2. The number of hydrogen-bond donors (Lipinski definition) is 2. The number of nitrogens with zero attached hydrogens (tertiary/aromatic N) is 1. The number of rotatable bonds is 5.